The van der Waals surface area contributed by atoms with Gasteiger partial charge in [0.2, 0.25) is 5.91 Å². The van der Waals surface area contributed by atoms with Gasteiger partial charge in [0.25, 0.3) is 0 Å². The molecule has 0 aliphatic heterocycles. The van der Waals surface area contributed by atoms with Crippen molar-refractivity contribution in [2.24, 2.45) is 5.41 Å². The van der Waals surface area contributed by atoms with Crippen molar-refractivity contribution in [3.63, 3.8) is 0 Å². The van der Waals surface area contributed by atoms with Crippen molar-refractivity contribution < 1.29 is 14.7 Å². The van der Waals surface area contributed by atoms with Crippen LogP contribution < -0.4 is 5.32 Å². The monoisotopic (exact) mass is 337 g/mol. The zero-order chi connectivity index (χ0) is 16.7. The Morgan fingerprint density at radius 3 is 2.61 bits per heavy atom. The van der Waals surface area contributed by atoms with Crippen LogP contribution in [-0.2, 0) is 16.0 Å². The third kappa shape index (κ3) is 5.24. The number of carboxylic acids is 1. The van der Waals surface area contributed by atoms with E-state index in [9.17, 15) is 9.59 Å². The smallest absolute Gasteiger partial charge is 0.303 e. The van der Waals surface area contributed by atoms with E-state index in [4.69, 9.17) is 16.7 Å². The van der Waals surface area contributed by atoms with Crippen LogP contribution in [0.3, 0.4) is 0 Å². The third-order valence-electron chi connectivity index (χ3n) is 4.58. The Morgan fingerprint density at radius 2 is 1.96 bits per heavy atom. The lowest BCUT2D eigenvalue weighted by molar-refractivity contribution is -0.137. The molecule has 0 bridgehead atoms. The van der Waals surface area contributed by atoms with Crippen LogP contribution >= 0.6 is 11.6 Å². The van der Waals surface area contributed by atoms with Crippen LogP contribution in [-0.4, -0.2) is 23.5 Å². The lowest BCUT2D eigenvalue weighted by Crippen LogP contribution is -2.41. The van der Waals surface area contributed by atoms with Gasteiger partial charge in [0.15, 0.2) is 0 Å². The van der Waals surface area contributed by atoms with Crippen LogP contribution in [0.4, 0.5) is 0 Å². The first-order valence-electron chi connectivity index (χ1n) is 8.26. The van der Waals surface area contributed by atoms with E-state index < -0.39 is 5.97 Å². The Labute approximate surface area is 142 Å². The number of nitrogens with one attached hydrogen (secondary N) is 1. The summed E-state index contributed by atoms with van der Waals surface area (Å²) in [4.78, 5) is 23.2. The molecule has 1 amide bonds. The molecular formula is C18H24ClNO3. The highest BCUT2D eigenvalue weighted by molar-refractivity contribution is 6.30. The van der Waals surface area contributed by atoms with E-state index in [1.54, 1.807) is 0 Å². The second-order valence-corrected chi connectivity index (χ2v) is 6.84. The molecule has 1 saturated carbocycles. The second kappa shape index (κ2) is 8.34. The maximum Gasteiger partial charge on any atom is 0.303 e. The van der Waals surface area contributed by atoms with E-state index in [0.29, 0.717) is 30.8 Å². The first-order valence-corrected chi connectivity index (χ1v) is 8.64. The molecule has 23 heavy (non-hydrogen) atoms. The van der Waals surface area contributed by atoms with Gasteiger partial charge < -0.3 is 10.4 Å². The molecule has 2 N–H and O–H groups in total. The number of hydrogen-bond acceptors (Lipinski definition) is 2. The number of amides is 1. The van der Waals surface area contributed by atoms with E-state index in [2.05, 4.69) is 5.32 Å². The van der Waals surface area contributed by atoms with Crippen molar-refractivity contribution in [1.82, 2.24) is 5.32 Å². The topological polar surface area (TPSA) is 66.4 Å². The van der Waals surface area contributed by atoms with Gasteiger partial charge in [0.05, 0.1) is 5.41 Å². The van der Waals surface area contributed by atoms with Crippen molar-refractivity contribution >= 4 is 23.5 Å². The number of benzene rings is 1. The Kier molecular flexibility index (Phi) is 6.46. The van der Waals surface area contributed by atoms with Crippen molar-refractivity contribution in [3.8, 4) is 0 Å². The highest BCUT2D eigenvalue weighted by Crippen LogP contribution is 2.41. The highest BCUT2D eigenvalue weighted by Gasteiger charge is 2.40. The molecule has 1 aromatic carbocycles. The van der Waals surface area contributed by atoms with E-state index in [-0.39, 0.29) is 17.7 Å². The molecule has 1 fully saturated rings. The lowest BCUT2D eigenvalue weighted by Gasteiger charge is -2.28. The van der Waals surface area contributed by atoms with E-state index >= 15 is 0 Å². The largest absolute Gasteiger partial charge is 0.481 e. The molecule has 0 spiro atoms. The molecule has 0 saturated heterocycles. The molecule has 1 aliphatic rings. The van der Waals surface area contributed by atoms with E-state index in [1.807, 2.05) is 24.3 Å². The van der Waals surface area contributed by atoms with Crippen LogP contribution in [0.5, 0.6) is 0 Å². The predicted octanol–water partition coefficient (Wildman–Crippen LogP) is 3.81. The fourth-order valence-electron chi connectivity index (χ4n) is 3.36. The van der Waals surface area contributed by atoms with E-state index in [0.717, 1.165) is 31.2 Å². The maximum atomic E-state index is 12.7. The molecule has 4 nitrogen and oxygen atoms in total. The summed E-state index contributed by atoms with van der Waals surface area (Å²) in [7, 11) is 0. The SMILES string of the molecule is O=C(O)CCCCNC(=O)C1(Cc2cccc(Cl)c2)CCCC1. The van der Waals surface area contributed by atoms with Gasteiger partial charge in [-0.25, -0.2) is 0 Å². The summed E-state index contributed by atoms with van der Waals surface area (Å²) in [5, 5.41) is 12.3. The van der Waals surface area contributed by atoms with Crippen LogP contribution in [0.15, 0.2) is 24.3 Å². The molecule has 0 unspecified atom stereocenters. The molecule has 126 valence electrons. The van der Waals surface area contributed by atoms with Crippen molar-refractivity contribution in [3.05, 3.63) is 34.9 Å². The summed E-state index contributed by atoms with van der Waals surface area (Å²) >= 11 is 6.05. The quantitative estimate of drug-likeness (QED) is 0.709. The second-order valence-electron chi connectivity index (χ2n) is 6.40. The number of aliphatic carboxylic acids is 1. The molecule has 5 heteroatoms. The zero-order valence-electron chi connectivity index (χ0n) is 13.3. The van der Waals surface area contributed by atoms with Gasteiger partial charge in [0, 0.05) is 18.0 Å². The number of hydrogen-bond donors (Lipinski definition) is 2. The van der Waals surface area contributed by atoms with Gasteiger partial charge >= 0.3 is 5.97 Å². The number of carbonyl (C=O) groups excluding carboxylic acids is 1. The van der Waals surface area contributed by atoms with E-state index in [1.165, 1.54) is 0 Å². The predicted molar refractivity (Wildman–Crippen MR) is 90.6 cm³/mol. The summed E-state index contributed by atoms with van der Waals surface area (Å²) in [6, 6.07) is 7.72. The number of carboxylic acid groups (broad SMARTS) is 1. The standard InChI is InChI=1S/C18H24ClNO3/c19-15-7-5-6-14(12-15)13-18(9-2-3-10-18)17(23)20-11-4-1-8-16(21)22/h5-7,12H,1-4,8-11,13H2,(H,20,23)(H,21,22). The molecule has 0 aromatic heterocycles. The summed E-state index contributed by atoms with van der Waals surface area (Å²) < 4.78 is 0. The molecule has 0 radical (unpaired) electrons. The molecule has 1 aliphatic carbocycles. The van der Waals surface area contributed by atoms with Gasteiger partial charge in [-0.2, -0.15) is 0 Å². The zero-order valence-corrected chi connectivity index (χ0v) is 14.1. The highest BCUT2D eigenvalue weighted by atomic mass is 35.5. The Balaban J connectivity index is 1.91. The Bertz CT molecular complexity index is 553. The van der Waals surface area contributed by atoms with Crippen molar-refractivity contribution in [1.29, 1.82) is 0 Å². The number of rotatable bonds is 8. The summed E-state index contributed by atoms with van der Waals surface area (Å²) in [6.07, 6.45) is 6.13. The summed E-state index contributed by atoms with van der Waals surface area (Å²) in [6.45, 7) is 0.545. The van der Waals surface area contributed by atoms with Crippen LogP contribution in [0, 0.1) is 5.41 Å². The summed E-state index contributed by atoms with van der Waals surface area (Å²) in [5.74, 6) is -0.685. The Hall–Kier alpha value is -1.55. The first kappa shape index (κ1) is 17.8. The fourth-order valence-corrected chi connectivity index (χ4v) is 3.58. The average Bonchev–Trinajstić information content (AvgIpc) is 2.96. The number of halogens is 1. The minimum atomic E-state index is -0.787. The molecular weight excluding hydrogens is 314 g/mol. The normalized spacial score (nSPS) is 16.2. The number of carbonyl (C=O) groups is 2. The van der Waals surface area contributed by atoms with Crippen molar-refractivity contribution in [2.45, 2.75) is 51.4 Å². The molecule has 0 atom stereocenters. The molecule has 0 heterocycles. The van der Waals surface area contributed by atoms with Crippen LogP contribution in [0.2, 0.25) is 5.02 Å². The maximum absolute atomic E-state index is 12.7. The average molecular weight is 338 g/mol. The third-order valence-corrected chi connectivity index (χ3v) is 4.81. The minimum absolute atomic E-state index is 0.102. The first-order chi connectivity index (χ1) is 11.0. The summed E-state index contributed by atoms with van der Waals surface area (Å²) in [5.41, 5.74) is 0.762. The van der Waals surface area contributed by atoms with Crippen LogP contribution in [0.1, 0.15) is 50.5 Å². The Morgan fingerprint density at radius 1 is 1.22 bits per heavy atom. The molecule has 2 rings (SSSR count). The van der Waals surface area contributed by atoms with Gasteiger partial charge in [-0.15, -0.1) is 0 Å². The van der Waals surface area contributed by atoms with Crippen molar-refractivity contribution in [2.75, 3.05) is 6.54 Å². The van der Waals surface area contributed by atoms with Gasteiger partial charge in [0.1, 0.15) is 0 Å². The fraction of sp³-hybridized carbons (Fsp3) is 0.556. The van der Waals surface area contributed by atoms with Gasteiger partial charge in [-0.1, -0.05) is 36.6 Å². The van der Waals surface area contributed by atoms with Gasteiger partial charge in [-0.3, -0.25) is 9.59 Å². The lowest BCUT2D eigenvalue weighted by atomic mass is 9.79. The number of unbranched alkanes of at least 4 members (excludes halogenated alkanes) is 1. The minimum Gasteiger partial charge on any atom is -0.481 e. The van der Waals surface area contributed by atoms with Crippen LogP contribution in [0.25, 0.3) is 0 Å². The molecule has 1 aromatic rings. The van der Waals surface area contributed by atoms with Gasteiger partial charge in [-0.05, 0) is 49.8 Å².